The van der Waals surface area contributed by atoms with Crippen molar-refractivity contribution in [1.29, 1.82) is 0 Å². The van der Waals surface area contributed by atoms with Crippen molar-refractivity contribution >= 4 is 46.3 Å². The molecule has 2 fully saturated rings. The highest BCUT2D eigenvalue weighted by molar-refractivity contribution is 7.80. The van der Waals surface area contributed by atoms with Gasteiger partial charge in [0.2, 0.25) is 0 Å². The van der Waals surface area contributed by atoms with Crippen molar-refractivity contribution in [2.75, 3.05) is 30.0 Å². The maximum Gasteiger partial charge on any atom is 0.337 e. The Kier molecular flexibility index (Phi) is 8.40. The lowest BCUT2D eigenvalue weighted by molar-refractivity contribution is 0.0600. The van der Waals surface area contributed by atoms with Crippen molar-refractivity contribution in [1.82, 2.24) is 14.9 Å². The fourth-order valence-corrected chi connectivity index (χ4v) is 7.73. The summed E-state index contributed by atoms with van der Waals surface area (Å²) in [4.78, 5) is 21.6. The van der Waals surface area contributed by atoms with Crippen LogP contribution in [0.25, 0.3) is 5.69 Å². The summed E-state index contributed by atoms with van der Waals surface area (Å²) in [5.74, 6) is 0.879. The first-order valence-corrected chi connectivity index (χ1v) is 15.9. The van der Waals surface area contributed by atoms with E-state index < -0.39 is 0 Å². The van der Waals surface area contributed by atoms with Gasteiger partial charge in [0, 0.05) is 42.0 Å². The number of benzene rings is 2. The number of thiocarbonyl (C=S) groups is 1. The van der Waals surface area contributed by atoms with Gasteiger partial charge in [-0.1, -0.05) is 37.6 Å². The van der Waals surface area contributed by atoms with Gasteiger partial charge < -0.3 is 24.4 Å². The van der Waals surface area contributed by atoms with Gasteiger partial charge >= 0.3 is 5.97 Å². The fraction of sp³-hybridized carbons (Fsp3) is 0.343. The molecule has 4 atom stereocenters. The number of ether oxygens (including phenoxy) is 1. The largest absolute Gasteiger partial charge is 0.465 e. The molecule has 6 rings (SSSR count). The first-order chi connectivity index (χ1) is 21.2. The zero-order valence-electron chi connectivity index (χ0n) is 25.8. The van der Waals surface area contributed by atoms with Crippen molar-refractivity contribution in [3.05, 3.63) is 106 Å². The second kappa shape index (κ2) is 12.3. The Bertz CT molecular complexity index is 1700. The van der Waals surface area contributed by atoms with Crippen LogP contribution >= 0.6 is 23.8 Å². The molecule has 2 aliphatic heterocycles. The van der Waals surface area contributed by atoms with Crippen LogP contribution in [-0.4, -0.2) is 40.8 Å². The van der Waals surface area contributed by atoms with Gasteiger partial charge in [0.1, 0.15) is 0 Å². The molecule has 2 aromatic carbocycles. The number of nitrogens with one attached hydrogen (secondary N) is 1. The summed E-state index contributed by atoms with van der Waals surface area (Å²) in [6.45, 7) is 10.8. The molecule has 0 bridgehead atoms. The molecule has 0 spiro atoms. The molecule has 2 aromatic heterocycles. The van der Waals surface area contributed by atoms with E-state index in [1.165, 1.54) is 13.5 Å². The third kappa shape index (κ3) is 5.57. The number of pyridine rings is 1. The Hall–Kier alpha value is -3.88. The Morgan fingerprint density at radius 3 is 2.45 bits per heavy atom. The summed E-state index contributed by atoms with van der Waals surface area (Å²) in [5, 5.41) is 4.91. The van der Waals surface area contributed by atoms with Crippen LogP contribution < -0.4 is 15.1 Å². The number of hydrogen-bond donors (Lipinski definition) is 1. The van der Waals surface area contributed by atoms with Crippen LogP contribution in [0.15, 0.2) is 72.9 Å². The van der Waals surface area contributed by atoms with Gasteiger partial charge in [-0.2, -0.15) is 0 Å². The molecular weight excluding hydrogens is 590 g/mol. The molecule has 9 heteroatoms. The van der Waals surface area contributed by atoms with E-state index in [-0.39, 0.29) is 18.1 Å². The Morgan fingerprint density at radius 2 is 1.77 bits per heavy atom. The number of nitrogens with zero attached hydrogens (tertiary/aromatic N) is 4. The van der Waals surface area contributed by atoms with Gasteiger partial charge in [-0.15, -0.1) is 0 Å². The fourth-order valence-electron chi connectivity index (χ4n) is 7.08. The minimum Gasteiger partial charge on any atom is -0.465 e. The Labute approximate surface area is 269 Å². The average Bonchev–Trinajstić information content (AvgIpc) is 3.51. The standard InChI is InChI=1S/C35H38ClN5O2S/c1-21-15-22(2)20-39(19-21)31-13-12-27(18-29(31)36)41-33(32(38-35(41)44)30-11-6-7-14-37-30)28-16-23(3)40(24(28)4)26-10-8-9-25(17-26)34(42)43-5/h6-14,16-18,21-22,32-33H,15,19-20H2,1-5H3,(H,38,44)/t21-,22+,32-,33+/m1/s1. The molecule has 7 nitrogen and oxygen atoms in total. The first kappa shape index (κ1) is 30.2. The lowest BCUT2D eigenvalue weighted by atomic mass is 9.91. The quantitative estimate of drug-likeness (QED) is 0.175. The molecule has 0 amide bonds. The lowest BCUT2D eigenvalue weighted by Crippen LogP contribution is -2.38. The molecule has 0 saturated carbocycles. The van der Waals surface area contributed by atoms with Crippen LogP contribution in [0.3, 0.4) is 0 Å². The van der Waals surface area contributed by atoms with Crippen molar-refractivity contribution in [3.8, 4) is 5.69 Å². The maximum atomic E-state index is 12.3. The Morgan fingerprint density at radius 1 is 1.00 bits per heavy atom. The number of carbonyl (C=O) groups excluding carboxylic acids is 1. The minimum atomic E-state index is -0.366. The van der Waals surface area contributed by atoms with Crippen LogP contribution in [0.5, 0.6) is 0 Å². The van der Waals surface area contributed by atoms with Gasteiger partial charge in [-0.25, -0.2) is 4.79 Å². The summed E-state index contributed by atoms with van der Waals surface area (Å²) >= 11 is 13.1. The zero-order valence-corrected chi connectivity index (χ0v) is 27.3. The van der Waals surface area contributed by atoms with Crippen molar-refractivity contribution in [2.24, 2.45) is 11.8 Å². The molecule has 0 aliphatic carbocycles. The van der Waals surface area contributed by atoms with E-state index >= 15 is 0 Å². The van der Waals surface area contributed by atoms with E-state index in [0.29, 0.717) is 22.5 Å². The number of methoxy groups -OCH3 is 1. The van der Waals surface area contributed by atoms with Gasteiger partial charge in [0.25, 0.3) is 0 Å². The number of halogens is 1. The second-order valence-corrected chi connectivity index (χ2v) is 13.0. The van der Waals surface area contributed by atoms with Crippen LogP contribution in [0, 0.1) is 25.7 Å². The Balaban J connectivity index is 1.44. The van der Waals surface area contributed by atoms with E-state index in [1.54, 1.807) is 6.07 Å². The van der Waals surface area contributed by atoms with E-state index in [2.05, 4.69) is 65.6 Å². The van der Waals surface area contributed by atoms with Crippen LogP contribution in [0.4, 0.5) is 11.4 Å². The highest BCUT2D eigenvalue weighted by Gasteiger charge is 2.42. The minimum absolute atomic E-state index is 0.193. The summed E-state index contributed by atoms with van der Waals surface area (Å²) < 4.78 is 7.15. The number of anilines is 2. The normalized spacial score (nSPS) is 21.8. The molecule has 2 saturated heterocycles. The number of carbonyl (C=O) groups is 1. The SMILES string of the molecule is COC(=O)c1cccc(-n2c(C)cc([C@H]3[C@@H](c4ccccn4)NC(=S)N3c3ccc(N4C[C@H](C)C[C@H](C)C4)c(Cl)c3)c2C)c1. The smallest absolute Gasteiger partial charge is 0.337 e. The predicted molar refractivity (Wildman–Crippen MR) is 181 cm³/mol. The highest BCUT2D eigenvalue weighted by atomic mass is 35.5. The van der Waals surface area contributed by atoms with Gasteiger partial charge in [-0.3, -0.25) is 4.98 Å². The van der Waals surface area contributed by atoms with Crippen molar-refractivity contribution < 1.29 is 9.53 Å². The summed E-state index contributed by atoms with van der Waals surface area (Å²) in [5.41, 5.74) is 7.48. The first-order valence-electron chi connectivity index (χ1n) is 15.1. The summed E-state index contributed by atoms with van der Waals surface area (Å²) in [7, 11) is 1.40. The van der Waals surface area contributed by atoms with Crippen LogP contribution in [0.2, 0.25) is 5.02 Å². The molecule has 4 heterocycles. The van der Waals surface area contributed by atoms with Crippen LogP contribution in [-0.2, 0) is 4.74 Å². The molecule has 44 heavy (non-hydrogen) atoms. The number of esters is 1. The number of hydrogen-bond acceptors (Lipinski definition) is 5. The molecule has 1 N–H and O–H groups in total. The lowest BCUT2D eigenvalue weighted by Gasteiger charge is -2.37. The molecule has 0 unspecified atom stereocenters. The number of rotatable bonds is 6. The zero-order chi connectivity index (χ0) is 31.1. The third-order valence-corrected chi connectivity index (χ3v) is 9.45. The van der Waals surface area contributed by atoms with E-state index in [9.17, 15) is 4.79 Å². The molecule has 2 aliphatic rings. The third-order valence-electron chi connectivity index (χ3n) is 8.83. The monoisotopic (exact) mass is 627 g/mol. The summed E-state index contributed by atoms with van der Waals surface area (Å²) in [6, 6.07) is 21.6. The van der Waals surface area contributed by atoms with Crippen molar-refractivity contribution in [3.63, 3.8) is 0 Å². The summed E-state index contributed by atoms with van der Waals surface area (Å²) in [6.07, 6.45) is 3.05. The van der Waals surface area contributed by atoms with Gasteiger partial charge in [0.05, 0.1) is 41.2 Å². The average molecular weight is 628 g/mol. The van der Waals surface area contributed by atoms with Crippen molar-refractivity contribution in [2.45, 2.75) is 46.2 Å². The number of piperidine rings is 1. The van der Waals surface area contributed by atoms with Gasteiger partial charge in [-0.05, 0) is 104 Å². The molecule has 0 radical (unpaired) electrons. The second-order valence-electron chi connectivity index (χ2n) is 12.2. The van der Waals surface area contributed by atoms with Gasteiger partial charge in [0.15, 0.2) is 5.11 Å². The number of aromatic nitrogens is 2. The molecule has 228 valence electrons. The van der Waals surface area contributed by atoms with E-state index in [1.807, 2.05) is 48.7 Å². The maximum absolute atomic E-state index is 12.3. The number of aryl methyl sites for hydroxylation is 1. The highest BCUT2D eigenvalue weighted by Crippen LogP contribution is 2.45. The molecular formula is C35H38ClN5O2S. The molecule has 4 aromatic rings. The van der Waals surface area contributed by atoms with Crippen LogP contribution in [0.1, 0.15) is 65.4 Å². The topological polar surface area (TPSA) is 62.6 Å². The predicted octanol–water partition coefficient (Wildman–Crippen LogP) is 7.59. The van der Waals surface area contributed by atoms with E-state index in [4.69, 9.17) is 33.5 Å². The van der Waals surface area contributed by atoms with E-state index in [0.717, 1.165) is 57.8 Å².